The number of Topliss-reactive ketones (excluding diaryl/α,β-unsaturated/α-hetero) is 1. The number of aromatic carboxylic acids is 2. The molecule has 14 heteroatoms. The molecule has 3 atom stereocenters. The van der Waals surface area contributed by atoms with Crippen LogP contribution in [0.5, 0.6) is 0 Å². The van der Waals surface area contributed by atoms with E-state index in [1.165, 1.54) is 53.8 Å². The number of rotatable bonds is 20. The molecule has 5 N–H and O–H groups in total. The molecular formula is C73H94N2O11Si. The fraction of sp³-hybridized carbons (Fsp3) is 0.329. The number of carbonyl (C=O) groups excluding carboxylic acids is 4. The van der Waals surface area contributed by atoms with Crippen LogP contribution in [0, 0.1) is 32.6 Å². The summed E-state index contributed by atoms with van der Waals surface area (Å²) in [6.07, 6.45) is 4.39. The van der Waals surface area contributed by atoms with Gasteiger partial charge in [0.1, 0.15) is 18.4 Å². The molecule has 0 saturated heterocycles. The minimum atomic E-state index is -0.945. The Labute approximate surface area is 518 Å². The number of carboxylic acid groups (broad SMARTS) is 3. The second-order valence-electron chi connectivity index (χ2n) is 21.8. The zero-order valence-corrected chi connectivity index (χ0v) is 54.3. The summed E-state index contributed by atoms with van der Waals surface area (Å²) < 4.78 is 4.51. The SMILES string of the molecule is CC.CC(=O)[C@@H](C)Cc1ccc(C)cc1.COC(=O)CNC(=O)[C@H](Cc1ccccc1)NC(=O)c1ccccc1.Cc1ccc(CCC[Si](C)(C)C(C)C)cc1.Cc1ccc(C[C@H](C)C(=O)O)cc1.O=C(O)c1ccccc1.O=C(O)c1ccccc1. The molecule has 0 aliphatic heterocycles. The molecule has 0 saturated carbocycles. The summed E-state index contributed by atoms with van der Waals surface area (Å²) in [6, 6.07) is 60.5. The molecule has 2 amide bonds. The largest absolute Gasteiger partial charge is 0.481 e. The van der Waals surface area contributed by atoms with Crippen LogP contribution in [0.4, 0.5) is 0 Å². The summed E-state index contributed by atoms with van der Waals surface area (Å²) in [4.78, 5) is 78.0. The van der Waals surface area contributed by atoms with E-state index in [2.05, 4.69) is 105 Å². The van der Waals surface area contributed by atoms with Crippen LogP contribution in [0.1, 0.15) is 125 Å². The van der Waals surface area contributed by atoms with Crippen molar-refractivity contribution in [2.75, 3.05) is 13.7 Å². The smallest absolute Gasteiger partial charge is 0.335 e. The van der Waals surface area contributed by atoms with Gasteiger partial charge in [-0.2, -0.15) is 0 Å². The van der Waals surface area contributed by atoms with Gasteiger partial charge < -0.3 is 30.7 Å². The van der Waals surface area contributed by atoms with Crippen molar-refractivity contribution in [1.82, 2.24) is 10.6 Å². The van der Waals surface area contributed by atoms with Crippen molar-refractivity contribution in [3.05, 3.63) is 250 Å². The van der Waals surface area contributed by atoms with E-state index in [-0.39, 0.29) is 30.1 Å². The van der Waals surface area contributed by atoms with E-state index < -0.39 is 43.9 Å². The molecule has 7 aromatic carbocycles. The molecule has 0 bridgehead atoms. The molecule has 13 nitrogen and oxygen atoms in total. The number of hydrogen-bond acceptors (Lipinski definition) is 8. The Morgan fingerprint density at radius 3 is 1.18 bits per heavy atom. The van der Waals surface area contributed by atoms with E-state index in [9.17, 15) is 33.6 Å². The van der Waals surface area contributed by atoms with E-state index in [0.29, 0.717) is 29.5 Å². The summed E-state index contributed by atoms with van der Waals surface area (Å²) in [6.45, 7) is 25.2. The third-order valence-corrected chi connectivity index (χ3v) is 18.8. The van der Waals surface area contributed by atoms with Crippen molar-refractivity contribution in [2.24, 2.45) is 11.8 Å². The number of nitrogens with one attached hydrogen (secondary N) is 2. The molecule has 7 rings (SSSR count). The van der Waals surface area contributed by atoms with E-state index in [4.69, 9.17) is 15.3 Å². The molecule has 0 radical (unpaired) electrons. The van der Waals surface area contributed by atoms with Crippen molar-refractivity contribution >= 4 is 49.5 Å². The van der Waals surface area contributed by atoms with Crippen LogP contribution in [-0.2, 0) is 49.6 Å². The lowest BCUT2D eigenvalue weighted by atomic mass is 9.97. The predicted octanol–water partition coefficient (Wildman–Crippen LogP) is 15.2. The fourth-order valence-corrected chi connectivity index (χ4v) is 9.25. The van der Waals surface area contributed by atoms with Gasteiger partial charge in [-0.05, 0) is 106 Å². The molecule has 0 heterocycles. The Bertz CT molecular complexity index is 2950. The van der Waals surface area contributed by atoms with E-state index in [1.807, 2.05) is 82.3 Å². The van der Waals surface area contributed by atoms with E-state index >= 15 is 0 Å². The Morgan fingerprint density at radius 1 is 0.483 bits per heavy atom. The molecule has 0 spiro atoms. The maximum atomic E-state index is 12.4. The zero-order valence-electron chi connectivity index (χ0n) is 53.3. The third kappa shape index (κ3) is 34.1. The number of ether oxygens (including phenoxy) is 1. The van der Waals surface area contributed by atoms with Gasteiger partial charge in [-0.25, -0.2) is 9.59 Å². The first-order valence-electron chi connectivity index (χ1n) is 29.5. The van der Waals surface area contributed by atoms with E-state index in [1.54, 1.807) is 105 Å². The number of benzene rings is 7. The number of aliphatic carboxylic acids is 1. The summed E-state index contributed by atoms with van der Waals surface area (Å²) in [5.74, 6) is -3.74. The van der Waals surface area contributed by atoms with Gasteiger partial charge in [-0.1, -0.05) is 247 Å². The Morgan fingerprint density at radius 2 is 0.839 bits per heavy atom. The van der Waals surface area contributed by atoms with Gasteiger partial charge in [-0.3, -0.25) is 24.0 Å². The minimum Gasteiger partial charge on any atom is -0.481 e. The molecule has 0 aliphatic rings. The highest BCUT2D eigenvalue weighted by atomic mass is 28.3. The van der Waals surface area contributed by atoms with Gasteiger partial charge in [0.15, 0.2) is 0 Å². The molecule has 7 aromatic rings. The van der Waals surface area contributed by atoms with Crippen LogP contribution in [-0.4, -0.2) is 84.6 Å². The molecule has 0 fully saturated rings. The lowest BCUT2D eigenvalue weighted by Crippen LogP contribution is -2.49. The number of esters is 1. The van der Waals surface area contributed by atoms with Gasteiger partial charge in [-0.15, -0.1) is 0 Å². The first-order valence-corrected chi connectivity index (χ1v) is 32.8. The van der Waals surface area contributed by atoms with Crippen molar-refractivity contribution in [2.45, 2.75) is 132 Å². The predicted molar refractivity (Wildman–Crippen MR) is 354 cm³/mol. The quantitative estimate of drug-likeness (QED) is 0.0358. The number of carboxylic acids is 3. The highest BCUT2D eigenvalue weighted by Gasteiger charge is 2.24. The summed E-state index contributed by atoms with van der Waals surface area (Å²) in [7, 11) is 0.298. The van der Waals surface area contributed by atoms with Gasteiger partial charge in [0.25, 0.3) is 5.91 Å². The van der Waals surface area contributed by atoms with E-state index in [0.717, 1.165) is 23.1 Å². The van der Waals surface area contributed by atoms with Gasteiger partial charge >= 0.3 is 23.9 Å². The van der Waals surface area contributed by atoms with Crippen LogP contribution >= 0.6 is 0 Å². The Kier molecular flexibility index (Phi) is 37.7. The Hall–Kier alpha value is -8.75. The average molecular weight is 1200 g/mol. The van der Waals surface area contributed by atoms with Crippen LogP contribution in [0.2, 0.25) is 24.7 Å². The number of carbonyl (C=O) groups is 7. The zero-order chi connectivity index (χ0) is 65.3. The fourth-order valence-electron chi connectivity index (χ4n) is 7.58. The standard InChI is InChI=1S/C19H20N2O4.C15H26Si.C12H16O.C11H14O2.2C7H6O2.C2H6/c1-25-17(22)13-20-19(24)16(12-14-8-4-2-5-9-14)21-18(23)15-10-6-3-7-11-15;1-13(2)16(4,5)12-6-7-15-10-8-14(3)9-11-15;1-9-4-6-12(7-5-9)8-10(2)11(3)13;1-8-3-5-10(6-4-8)7-9(2)11(12)13;2*8-7(9)6-4-2-1-3-5-6;1-2/h2-11,16H,12-13H2,1H3,(H,20,24)(H,21,23);8-11,13H,6-7,12H2,1-5H3;4-7,10H,8H2,1-3H3;3-6,9H,7H2,1-2H3,(H,12,13);2*1-5H,(H,8,9);1-2H3/t16-;;10-;9-;;;/m0.00.../s1. The van der Waals surface area contributed by atoms with Crippen LogP contribution in [0.15, 0.2) is 194 Å². The number of amides is 2. The highest BCUT2D eigenvalue weighted by Crippen LogP contribution is 2.27. The summed E-state index contributed by atoms with van der Waals surface area (Å²) >= 11 is 0. The monoisotopic (exact) mass is 1200 g/mol. The first-order chi connectivity index (χ1) is 41.3. The van der Waals surface area contributed by atoms with Gasteiger partial charge in [0.2, 0.25) is 5.91 Å². The molecule has 466 valence electrons. The van der Waals surface area contributed by atoms with Gasteiger partial charge in [0.05, 0.1) is 24.2 Å². The van der Waals surface area contributed by atoms with Gasteiger partial charge in [0, 0.05) is 26.0 Å². The van der Waals surface area contributed by atoms with Crippen molar-refractivity contribution in [3.63, 3.8) is 0 Å². The highest BCUT2D eigenvalue weighted by molar-refractivity contribution is 6.78. The first kappa shape index (κ1) is 76.3. The lowest BCUT2D eigenvalue weighted by Gasteiger charge is -2.26. The second-order valence-corrected chi connectivity index (χ2v) is 27.5. The van der Waals surface area contributed by atoms with Crippen molar-refractivity contribution < 1.29 is 53.6 Å². The second kappa shape index (κ2) is 43.0. The minimum absolute atomic E-state index is 0.141. The number of hydrogen-bond donors (Lipinski definition) is 5. The number of methoxy groups -OCH3 is 1. The average Bonchev–Trinajstić information content (AvgIpc) is 3.60. The molecule has 0 aromatic heterocycles. The maximum absolute atomic E-state index is 12.4. The van der Waals surface area contributed by atoms with Crippen LogP contribution < -0.4 is 10.6 Å². The molecular weight excluding hydrogens is 1110 g/mol. The maximum Gasteiger partial charge on any atom is 0.335 e. The molecule has 87 heavy (non-hydrogen) atoms. The third-order valence-electron chi connectivity index (χ3n) is 14.0. The topological polar surface area (TPSA) is 213 Å². The summed E-state index contributed by atoms with van der Waals surface area (Å²) in [5, 5.41) is 30.7. The molecule has 0 aliphatic carbocycles. The molecule has 0 unspecified atom stereocenters. The van der Waals surface area contributed by atoms with Crippen molar-refractivity contribution in [1.29, 1.82) is 0 Å². The number of aryl methyl sites for hydroxylation is 4. The van der Waals surface area contributed by atoms with Crippen LogP contribution in [0.25, 0.3) is 0 Å². The lowest BCUT2D eigenvalue weighted by molar-refractivity contribution is -0.141. The van der Waals surface area contributed by atoms with Crippen molar-refractivity contribution in [3.8, 4) is 0 Å². The normalized spacial score (nSPS) is 11.1. The summed E-state index contributed by atoms with van der Waals surface area (Å²) in [5.41, 5.74) is 10.6. The van der Waals surface area contributed by atoms with Crippen LogP contribution in [0.3, 0.4) is 0 Å². The Balaban J connectivity index is 0.000000539. The number of ketones is 1.